The third-order valence-corrected chi connectivity index (χ3v) is 4.22. The highest BCUT2D eigenvalue weighted by Gasteiger charge is 2.30. The first-order valence-corrected chi connectivity index (χ1v) is 7.26. The van der Waals surface area contributed by atoms with Gasteiger partial charge in [0.1, 0.15) is 0 Å². The molecule has 3 heteroatoms. The lowest BCUT2D eigenvalue weighted by Crippen LogP contribution is -2.48. The van der Waals surface area contributed by atoms with Crippen LogP contribution >= 0.6 is 0 Å². The molecule has 0 aliphatic carbocycles. The third-order valence-electron chi connectivity index (χ3n) is 4.22. The van der Waals surface area contributed by atoms with Gasteiger partial charge in [0, 0.05) is 26.2 Å². The van der Waals surface area contributed by atoms with Crippen molar-refractivity contribution in [1.29, 1.82) is 0 Å². The highest BCUT2D eigenvalue weighted by atomic mass is 16.3. The fourth-order valence-electron chi connectivity index (χ4n) is 2.60. The van der Waals surface area contributed by atoms with Gasteiger partial charge in [-0.25, -0.2) is 0 Å². The fraction of sp³-hybridized carbons (Fsp3) is 0.625. The topological polar surface area (TPSA) is 49.5 Å². The molecule has 0 atom stereocenters. The van der Waals surface area contributed by atoms with Gasteiger partial charge in [-0.1, -0.05) is 38.1 Å². The monoisotopic (exact) mass is 262 g/mol. The lowest BCUT2D eigenvalue weighted by atomic mass is 9.91. The number of hydrogen-bond donors (Lipinski definition) is 2. The average molecular weight is 262 g/mol. The summed E-state index contributed by atoms with van der Waals surface area (Å²) in [6.45, 7) is 7.64. The minimum atomic E-state index is -0.627. The van der Waals surface area contributed by atoms with Gasteiger partial charge in [0.2, 0.25) is 0 Å². The lowest BCUT2D eigenvalue weighted by Gasteiger charge is -2.37. The van der Waals surface area contributed by atoms with Crippen LogP contribution in [0.5, 0.6) is 0 Å². The molecule has 0 unspecified atom stereocenters. The van der Waals surface area contributed by atoms with Crippen molar-refractivity contribution in [2.45, 2.75) is 44.8 Å². The van der Waals surface area contributed by atoms with Gasteiger partial charge in [0.25, 0.3) is 0 Å². The lowest BCUT2D eigenvalue weighted by molar-refractivity contribution is -0.0153. The van der Waals surface area contributed by atoms with Crippen LogP contribution in [0.1, 0.15) is 43.7 Å². The van der Waals surface area contributed by atoms with Crippen LogP contribution in [0.4, 0.5) is 0 Å². The summed E-state index contributed by atoms with van der Waals surface area (Å²) >= 11 is 0. The molecule has 1 heterocycles. The molecule has 0 spiro atoms. The number of likely N-dealkylation sites (tertiary alicyclic amines) is 1. The van der Waals surface area contributed by atoms with Gasteiger partial charge < -0.3 is 10.8 Å². The number of piperidine rings is 1. The van der Waals surface area contributed by atoms with E-state index in [1.807, 2.05) is 0 Å². The Morgan fingerprint density at radius 3 is 2.26 bits per heavy atom. The molecule has 19 heavy (non-hydrogen) atoms. The molecule has 0 bridgehead atoms. The van der Waals surface area contributed by atoms with E-state index in [9.17, 15) is 5.11 Å². The Hall–Kier alpha value is -0.900. The van der Waals surface area contributed by atoms with Crippen LogP contribution in [0.2, 0.25) is 0 Å². The van der Waals surface area contributed by atoms with Crippen molar-refractivity contribution in [2.24, 2.45) is 5.73 Å². The summed E-state index contributed by atoms with van der Waals surface area (Å²) in [6, 6.07) is 8.89. The van der Waals surface area contributed by atoms with Crippen LogP contribution < -0.4 is 5.73 Å². The first-order chi connectivity index (χ1) is 9.02. The van der Waals surface area contributed by atoms with Gasteiger partial charge in [-0.05, 0) is 29.9 Å². The molecule has 0 aromatic heterocycles. The van der Waals surface area contributed by atoms with Crippen LogP contribution in [0.3, 0.4) is 0 Å². The zero-order valence-electron chi connectivity index (χ0n) is 12.1. The van der Waals surface area contributed by atoms with Crippen molar-refractivity contribution in [1.82, 2.24) is 4.90 Å². The van der Waals surface area contributed by atoms with Crippen LogP contribution in [-0.2, 0) is 6.54 Å². The number of rotatable bonds is 4. The number of benzene rings is 1. The maximum Gasteiger partial charge on any atom is 0.0793 e. The molecule has 1 aliphatic rings. The molecule has 0 radical (unpaired) electrons. The largest absolute Gasteiger partial charge is 0.388 e. The van der Waals surface area contributed by atoms with E-state index in [0.717, 1.165) is 32.5 Å². The Kier molecular flexibility index (Phi) is 4.61. The van der Waals surface area contributed by atoms with Gasteiger partial charge in [0.15, 0.2) is 0 Å². The summed E-state index contributed by atoms with van der Waals surface area (Å²) in [6.07, 6.45) is 1.57. The second kappa shape index (κ2) is 6.04. The predicted octanol–water partition coefficient (Wildman–Crippen LogP) is 2.10. The Bertz CT molecular complexity index is 392. The zero-order valence-corrected chi connectivity index (χ0v) is 12.1. The molecular formula is C16H26N2O. The van der Waals surface area contributed by atoms with E-state index in [2.05, 4.69) is 43.0 Å². The van der Waals surface area contributed by atoms with Crippen molar-refractivity contribution >= 4 is 0 Å². The molecular weight excluding hydrogens is 236 g/mol. The molecule has 3 nitrogen and oxygen atoms in total. The molecule has 3 N–H and O–H groups in total. The summed E-state index contributed by atoms with van der Waals surface area (Å²) in [5.74, 6) is 0.587. The van der Waals surface area contributed by atoms with Crippen LogP contribution in [0, 0.1) is 0 Å². The van der Waals surface area contributed by atoms with Gasteiger partial charge in [-0.2, -0.15) is 0 Å². The van der Waals surface area contributed by atoms with E-state index in [4.69, 9.17) is 5.73 Å². The molecule has 2 rings (SSSR count). The second-order valence-corrected chi connectivity index (χ2v) is 6.10. The molecule has 1 aromatic rings. The van der Waals surface area contributed by atoms with Crippen LogP contribution in [0.25, 0.3) is 0 Å². The standard InChI is InChI=1S/C16H26N2O/c1-13(2)15-5-3-14(4-6-15)11-18-9-7-16(19,12-17)8-10-18/h3-6,13,19H,7-12,17H2,1-2H3. The molecule has 1 saturated heterocycles. The smallest absolute Gasteiger partial charge is 0.0793 e. The molecule has 106 valence electrons. The summed E-state index contributed by atoms with van der Waals surface area (Å²) in [5, 5.41) is 10.1. The van der Waals surface area contributed by atoms with E-state index in [0.29, 0.717) is 12.5 Å². The molecule has 0 amide bonds. The van der Waals surface area contributed by atoms with Crippen molar-refractivity contribution in [3.8, 4) is 0 Å². The van der Waals surface area contributed by atoms with Crippen LogP contribution in [0.15, 0.2) is 24.3 Å². The Balaban J connectivity index is 1.89. The summed E-state index contributed by atoms with van der Waals surface area (Å²) in [7, 11) is 0. The molecule has 1 aromatic carbocycles. The highest BCUT2D eigenvalue weighted by Crippen LogP contribution is 2.22. The highest BCUT2D eigenvalue weighted by molar-refractivity contribution is 5.24. The van der Waals surface area contributed by atoms with Gasteiger partial charge in [0.05, 0.1) is 5.60 Å². The number of nitrogens with zero attached hydrogens (tertiary/aromatic N) is 1. The zero-order chi connectivity index (χ0) is 13.9. The SMILES string of the molecule is CC(C)c1ccc(CN2CCC(O)(CN)CC2)cc1. The molecule has 0 saturated carbocycles. The first-order valence-electron chi connectivity index (χ1n) is 7.26. The maximum absolute atomic E-state index is 10.1. The quantitative estimate of drug-likeness (QED) is 0.873. The van der Waals surface area contributed by atoms with Gasteiger partial charge in [-0.3, -0.25) is 4.90 Å². The second-order valence-electron chi connectivity index (χ2n) is 6.10. The predicted molar refractivity (Wildman–Crippen MR) is 79.0 cm³/mol. The van der Waals surface area contributed by atoms with E-state index in [1.165, 1.54) is 11.1 Å². The van der Waals surface area contributed by atoms with Crippen molar-refractivity contribution in [2.75, 3.05) is 19.6 Å². The molecule has 1 fully saturated rings. The van der Waals surface area contributed by atoms with Crippen molar-refractivity contribution < 1.29 is 5.11 Å². The maximum atomic E-state index is 10.1. The van der Waals surface area contributed by atoms with E-state index >= 15 is 0 Å². The van der Waals surface area contributed by atoms with E-state index in [1.54, 1.807) is 0 Å². The van der Waals surface area contributed by atoms with Crippen molar-refractivity contribution in [3.63, 3.8) is 0 Å². The normalized spacial score (nSPS) is 19.8. The minimum Gasteiger partial charge on any atom is -0.388 e. The average Bonchev–Trinajstić information content (AvgIpc) is 2.42. The first kappa shape index (κ1) is 14.5. The Morgan fingerprint density at radius 1 is 1.21 bits per heavy atom. The number of nitrogens with two attached hydrogens (primary N) is 1. The van der Waals surface area contributed by atoms with Crippen LogP contribution in [-0.4, -0.2) is 35.2 Å². The third kappa shape index (κ3) is 3.78. The van der Waals surface area contributed by atoms with Gasteiger partial charge >= 0.3 is 0 Å². The summed E-state index contributed by atoms with van der Waals surface area (Å²) < 4.78 is 0. The summed E-state index contributed by atoms with van der Waals surface area (Å²) in [5.41, 5.74) is 7.72. The Morgan fingerprint density at radius 2 is 1.79 bits per heavy atom. The molecule has 1 aliphatic heterocycles. The fourth-order valence-corrected chi connectivity index (χ4v) is 2.60. The number of hydrogen-bond acceptors (Lipinski definition) is 3. The summed E-state index contributed by atoms with van der Waals surface area (Å²) in [4.78, 5) is 2.40. The van der Waals surface area contributed by atoms with E-state index < -0.39 is 5.60 Å². The van der Waals surface area contributed by atoms with E-state index in [-0.39, 0.29) is 0 Å². The Labute approximate surface area is 116 Å². The van der Waals surface area contributed by atoms with Crippen molar-refractivity contribution in [3.05, 3.63) is 35.4 Å². The number of aliphatic hydroxyl groups is 1. The minimum absolute atomic E-state index is 0.379. The van der Waals surface area contributed by atoms with Gasteiger partial charge in [-0.15, -0.1) is 0 Å².